The van der Waals surface area contributed by atoms with Crippen molar-refractivity contribution in [3.05, 3.63) is 54.1 Å². The van der Waals surface area contributed by atoms with E-state index in [-0.39, 0.29) is 6.61 Å². The Hall–Kier alpha value is -3.75. The summed E-state index contributed by atoms with van der Waals surface area (Å²) in [7, 11) is 3.21. The maximum absolute atomic E-state index is 13.1. The molecule has 2 heterocycles. The molecule has 0 aliphatic carbocycles. The van der Waals surface area contributed by atoms with Crippen LogP contribution in [0.25, 0.3) is 0 Å². The first-order valence-electron chi connectivity index (χ1n) is 11.4. The van der Waals surface area contributed by atoms with E-state index in [4.69, 9.17) is 19.2 Å². The highest BCUT2D eigenvalue weighted by Gasteiger charge is 2.43. The fourth-order valence-electron chi connectivity index (χ4n) is 4.33. The van der Waals surface area contributed by atoms with Crippen LogP contribution in [0.1, 0.15) is 18.5 Å². The zero-order chi connectivity index (χ0) is 24.1. The molecule has 9 heteroatoms. The number of carbonyl (C=O) groups is 2. The van der Waals surface area contributed by atoms with E-state index in [0.717, 1.165) is 24.5 Å². The predicted molar refractivity (Wildman–Crippen MR) is 128 cm³/mol. The summed E-state index contributed by atoms with van der Waals surface area (Å²) in [6, 6.07) is 14.5. The summed E-state index contributed by atoms with van der Waals surface area (Å²) >= 11 is 0. The lowest BCUT2D eigenvalue weighted by Gasteiger charge is -2.39. The molecule has 2 aliphatic heterocycles. The molecule has 2 aliphatic rings. The molecule has 2 aromatic carbocycles. The fourth-order valence-corrected chi connectivity index (χ4v) is 4.33. The van der Waals surface area contributed by atoms with Crippen molar-refractivity contribution in [1.29, 1.82) is 0 Å². The smallest absolute Gasteiger partial charge is 0.321 e. The highest BCUT2D eigenvalue weighted by atomic mass is 16.5. The number of anilines is 1. The molecule has 2 unspecified atom stereocenters. The van der Waals surface area contributed by atoms with Gasteiger partial charge in [-0.1, -0.05) is 18.2 Å². The van der Waals surface area contributed by atoms with Crippen molar-refractivity contribution in [2.75, 3.05) is 51.9 Å². The molecule has 1 fully saturated rings. The second-order valence-corrected chi connectivity index (χ2v) is 8.03. The quantitative estimate of drug-likeness (QED) is 0.516. The minimum atomic E-state index is -1.08. The monoisotopic (exact) mass is 466 g/mol. The molecule has 2 aromatic rings. The fraction of sp³-hybridized carbons (Fsp3) is 0.400. The second-order valence-electron chi connectivity index (χ2n) is 8.03. The Balaban J connectivity index is 1.56. The summed E-state index contributed by atoms with van der Waals surface area (Å²) in [4.78, 5) is 35.0. The molecule has 2 atom stereocenters. The van der Waals surface area contributed by atoms with Crippen LogP contribution in [0.5, 0.6) is 11.5 Å². The number of aliphatic imine (C=N–C) groups is 1. The minimum Gasteiger partial charge on any atom is -0.497 e. The van der Waals surface area contributed by atoms with E-state index >= 15 is 0 Å². The molecule has 9 nitrogen and oxygen atoms in total. The van der Waals surface area contributed by atoms with Crippen LogP contribution in [-0.2, 0) is 14.3 Å². The van der Waals surface area contributed by atoms with Crippen molar-refractivity contribution in [3.8, 4) is 11.5 Å². The largest absolute Gasteiger partial charge is 0.497 e. The van der Waals surface area contributed by atoms with E-state index in [1.165, 1.54) is 0 Å². The van der Waals surface area contributed by atoms with Gasteiger partial charge in [-0.15, -0.1) is 0 Å². The number of carbonyl (C=O) groups excluding carboxylic acids is 2. The minimum absolute atomic E-state index is 0.186. The Kier molecular flexibility index (Phi) is 7.20. The van der Waals surface area contributed by atoms with E-state index in [0.29, 0.717) is 30.4 Å². The number of rotatable bonds is 6. The lowest BCUT2D eigenvalue weighted by molar-refractivity contribution is -0.153. The van der Waals surface area contributed by atoms with Gasteiger partial charge < -0.3 is 24.0 Å². The molecule has 0 aromatic heterocycles. The summed E-state index contributed by atoms with van der Waals surface area (Å²) in [5, 5.41) is 2.84. The first-order chi connectivity index (χ1) is 16.5. The van der Waals surface area contributed by atoms with Gasteiger partial charge in [-0.05, 0) is 37.3 Å². The zero-order valence-electron chi connectivity index (χ0n) is 19.7. The van der Waals surface area contributed by atoms with Crippen molar-refractivity contribution in [2.45, 2.75) is 13.0 Å². The van der Waals surface area contributed by atoms with Crippen molar-refractivity contribution in [3.63, 3.8) is 0 Å². The molecule has 180 valence electrons. The van der Waals surface area contributed by atoms with E-state index in [9.17, 15) is 9.59 Å². The Labute approximate surface area is 199 Å². The third-order valence-corrected chi connectivity index (χ3v) is 6.11. The van der Waals surface area contributed by atoms with Gasteiger partial charge in [-0.2, -0.15) is 0 Å². The maximum atomic E-state index is 13.1. The Morgan fingerprint density at radius 2 is 1.68 bits per heavy atom. The van der Waals surface area contributed by atoms with E-state index in [2.05, 4.69) is 10.2 Å². The maximum Gasteiger partial charge on any atom is 0.321 e. The van der Waals surface area contributed by atoms with E-state index in [1.54, 1.807) is 27.2 Å². The summed E-state index contributed by atoms with van der Waals surface area (Å²) < 4.78 is 15.9. The van der Waals surface area contributed by atoms with Crippen LogP contribution in [0.2, 0.25) is 0 Å². The van der Waals surface area contributed by atoms with Gasteiger partial charge in [-0.3, -0.25) is 14.9 Å². The van der Waals surface area contributed by atoms with Crippen molar-refractivity contribution < 1.29 is 23.8 Å². The molecular formula is C25H30N4O5. The third kappa shape index (κ3) is 4.78. The Bertz CT molecular complexity index is 1050. The zero-order valence-corrected chi connectivity index (χ0v) is 19.7. The molecule has 4 rings (SSSR count). The number of nitrogens with one attached hydrogen (secondary N) is 1. The van der Waals surface area contributed by atoms with Crippen molar-refractivity contribution in [2.24, 2.45) is 10.9 Å². The van der Waals surface area contributed by atoms with Crippen molar-refractivity contribution >= 4 is 23.5 Å². The van der Waals surface area contributed by atoms with Crippen LogP contribution in [0.4, 0.5) is 5.69 Å². The number of para-hydroxylation sites is 1. The van der Waals surface area contributed by atoms with Gasteiger partial charge in [0.2, 0.25) is 11.9 Å². The average molecular weight is 467 g/mol. The highest BCUT2D eigenvalue weighted by molar-refractivity contribution is 6.08. The molecule has 34 heavy (non-hydrogen) atoms. The number of nitrogens with zero attached hydrogens (tertiary/aromatic N) is 3. The van der Waals surface area contributed by atoms with Crippen LogP contribution >= 0.6 is 0 Å². The lowest BCUT2D eigenvalue weighted by atomic mass is 9.90. The number of hydrogen-bond acceptors (Lipinski definition) is 8. The molecule has 0 spiro atoms. The number of benzene rings is 2. The molecule has 0 bridgehead atoms. The Morgan fingerprint density at radius 1 is 1.00 bits per heavy atom. The lowest BCUT2D eigenvalue weighted by Crippen LogP contribution is -2.57. The standard InChI is InChI=1S/C25H30N4O5/c1-4-34-24(31)21-22(19-7-5-6-8-20(19)33-3)26-25(27-23(21)30)29-15-13-28(14-16-29)17-9-11-18(32-2)12-10-17/h5-12,21-22H,4,13-16H2,1-3H3,(H,26,27,30). The van der Waals surface area contributed by atoms with Crippen molar-refractivity contribution in [1.82, 2.24) is 10.2 Å². The van der Waals surface area contributed by atoms with Crippen LogP contribution in [0.3, 0.4) is 0 Å². The van der Waals surface area contributed by atoms with Crippen LogP contribution < -0.4 is 19.7 Å². The van der Waals surface area contributed by atoms with Gasteiger partial charge in [0, 0.05) is 37.4 Å². The number of hydrogen-bond donors (Lipinski definition) is 1. The van der Waals surface area contributed by atoms with E-state index < -0.39 is 23.8 Å². The predicted octanol–water partition coefficient (Wildman–Crippen LogP) is 2.23. The normalized spacial score (nSPS) is 20.3. The van der Waals surface area contributed by atoms with E-state index in [1.807, 2.05) is 47.4 Å². The summed E-state index contributed by atoms with van der Waals surface area (Å²) in [6.07, 6.45) is 0. The van der Waals surface area contributed by atoms with Crippen LogP contribution in [0, 0.1) is 5.92 Å². The Morgan fingerprint density at radius 3 is 2.32 bits per heavy atom. The van der Waals surface area contributed by atoms with Gasteiger partial charge in [0.05, 0.1) is 20.8 Å². The molecule has 1 saturated heterocycles. The molecule has 1 amide bonds. The number of piperazine rings is 1. The number of methoxy groups -OCH3 is 2. The van der Waals surface area contributed by atoms with Gasteiger partial charge in [0.25, 0.3) is 0 Å². The third-order valence-electron chi connectivity index (χ3n) is 6.11. The number of esters is 1. The average Bonchev–Trinajstić information content (AvgIpc) is 2.88. The summed E-state index contributed by atoms with van der Waals surface area (Å²) in [5.74, 6) is -0.236. The molecular weight excluding hydrogens is 436 g/mol. The highest BCUT2D eigenvalue weighted by Crippen LogP contribution is 2.36. The van der Waals surface area contributed by atoms with Gasteiger partial charge in [0.1, 0.15) is 17.5 Å². The molecule has 0 saturated carbocycles. The second kappa shape index (κ2) is 10.5. The van der Waals surface area contributed by atoms with Crippen LogP contribution in [-0.4, -0.2) is 69.7 Å². The number of guanidine groups is 1. The van der Waals surface area contributed by atoms with Gasteiger partial charge in [0.15, 0.2) is 5.92 Å². The summed E-state index contributed by atoms with van der Waals surface area (Å²) in [5.41, 5.74) is 1.79. The number of ether oxygens (including phenoxy) is 3. The summed E-state index contributed by atoms with van der Waals surface area (Å²) in [6.45, 7) is 4.78. The van der Waals surface area contributed by atoms with Gasteiger partial charge in [-0.25, -0.2) is 4.99 Å². The molecule has 1 N–H and O–H groups in total. The number of amides is 1. The van der Waals surface area contributed by atoms with Crippen LogP contribution in [0.15, 0.2) is 53.5 Å². The first kappa shape index (κ1) is 23.4. The SMILES string of the molecule is CCOC(=O)C1C(=O)NC(N2CCN(c3ccc(OC)cc3)CC2)=NC1c1ccccc1OC. The first-order valence-corrected chi connectivity index (χ1v) is 11.4. The topological polar surface area (TPSA) is 92.7 Å². The molecule has 0 radical (unpaired) electrons. The van der Waals surface area contributed by atoms with Gasteiger partial charge >= 0.3 is 5.97 Å².